The molecule has 0 fully saturated rings. The van der Waals surface area contributed by atoms with Crippen LogP contribution in [0.5, 0.6) is 0 Å². The number of likely N-dealkylation sites (N-methyl/N-ethyl adjacent to an activating group) is 1. The van der Waals surface area contributed by atoms with Gasteiger partial charge in [-0.25, -0.2) is 4.98 Å². The Bertz CT molecular complexity index is 966. The van der Waals surface area contributed by atoms with Gasteiger partial charge in [0.25, 0.3) is 5.91 Å². The Hall–Kier alpha value is -1.89. The third-order valence-corrected chi connectivity index (χ3v) is 7.06. The van der Waals surface area contributed by atoms with Gasteiger partial charge in [0.15, 0.2) is 5.13 Å². The van der Waals surface area contributed by atoms with E-state index in [1.165, 1.54) is 5.56 Å². The SMILES string of the molecule is CCc1cccc2sc(N(CCN(CC)CC)C(=O)c3ccccc3SC)nc12. The van der Waals surface area contributed by atoms with Crippen LogP contribution < -0.4 is 4.90 Å². The molecule has 0 spiro atoms. The number of hydrogen-bond acceptors (Lipinski definition) is 5. The molecule has 2 aromatic carbocycles. The number of fused-ring (bicyclic) bond motifs is 1. The van der Waals surface area contributed by atoms with Crippen molar-refractivity contribution in [3.05, 3.63) is 53.6 Å². The zero-order chi connectivity index (χ0) is 20.8. The molecule has 29 heavy (non-hydrogen) atoms. The number of carbonyl (C=O) groups excluding carboxylic acids is 1. The summed E-state index contributed by atoms with van der Waals surface area (Å²) in [4.78, 5) is 23.7. The minimum absolute atomic E-state index is 0.0270. The number of thioether (sulfide) groups is 1. The van der Waals surface area contributed by atoms with Gasteiger partial charge in [0.1, 0.15) is 0 Å². The lowest BCUT2D eigenvalue weighted by Gasteiger charge is -2.25. The van der Waals surface area contributed by atoms with Crippen molar-refractivity contribution in [2.75, 3.05) is 37.3 Å². The lowest BCUT2D eigenvalue weighted by molar-refractivity contribution is 0.0981. The van der Waals surface area contributed by atoms with E-state index >= 15 is 0 Å². The molecule has 0 bridgehead atoms. The highest BCUT2D eigenvalue weighted by atomic mass is 32.2. The fourth-order valence-corrected chi connectivity index (χ4v) is 5.05. The van der Waals surface area contributed by atoms with Crippen LogP contribution in [0, 0.1) is 0 Å². The van der Waals surface area contributed by atoms with Gasteiger partial charge in [-0.1, -0.05) is 56.4 Å². The molecule has 0 N–H and O–H groups in total. The quantitative estimate of drug-likeness (QED) is 0.418. The van der Waals surface area contributed by atoms with Crippen molar-refractivity contribution in [2.24, 2.45) is 0 Å². The summed E-state index contributed by atoms with van der Waals surface area (Å²) in [5.41, 5.74) is 2.99. The fourth-order valence-electron chi connectivity index (χ4n) is 3.43. The Morgan fingerprint density at radius 1 is 1.03 bits per heavy atom. The van der Waals surface area contributed by atoms with E-state index in [2.05, 4.69) is 43.9 Å². The van der Waals surface area contributed by atoms with Gasteiger partial charge in [-0.05, 0) is 49.5 Å². The number of rotatable bonds is 9. The molecule has 6 heteroatoms. The highest BCUT2D eigenvalue weighted by molar-refractivity contribution is 7.98. The molecule has 0 unspecified atom stereocenters. The van der Waals surface area contributed by atoms with E-state index in [9.17, 15) is 4.79 Å². The maximum Gasteiger partial charge on any atom is 0.261 e. The summed E-state index contributed by atoms with van der Waals surface area (Å²) >= 11 is 3.21. The van der Waals surface area contributed by atoms with Crippen molar-refractivity contribution in [3.63, 3.8) is 0 Å². The summed E-state index contributed by atoms with van der Waals surface area (Å²) in [7, 11) is 0. The lowest BCUT2D eigenvalue weighted by atomic mass is 10.1. The van der Waals surface area contributed by atoms with Gasteiger partial charge in [-0.15, -0.1) is 11.8 Å². The molecular formula is C23H29N3OS2. The van der Waals surface area contributed by atoms with Gasteiger partial charge < -0.3 is 4.90 Å². The van der Waals surface area contributed by atoms with E-state index < -0.39 is 0 Å². The van der Waals surface area contributed by atoms with Gasteiger partial charge in [0, 0.05) is 18.0 Å². The number of aromatic nitrogens is 1. The van der Waals surface area contributed by atoms with Gasteiger partial charge >= 0.3 is 0 Å². The van der Waals surface area contributed by atoms with Crippen LogP contribution in [0.1, 0.15) is 36.7 Å². The molecule has 3 rings (SSSR count). The number of hydrogen-bond donors (Lipinski definition) is 0. The summed E-state index contributed by atoms with van der Waals surface area (Å²) in [5, 5.41) is 0.786. The number of para-hydroxylation sites is 1. The second-order valence-electron chi connectivity index (χ2n) is 6.80. The predicted octanol–water partition coefficient (Wildman–Crippen LogP) is 5.57. The lowest BCUT2D eigenvalue weighted by Crippen LogP contribution is -2.39. The van der Waals surface area contributed by atoms with Crippen molar-refractivity contribution in [2.45, 2.75) is 32.1 Å². The molecule has 1 aromatic heterocycles. The largest absolute Gasteiger partial charge is 0.302 e. The predicted molar refractivity (Wildman–Crippen MR) is 127 cm³/mol. The Morgan fingerprint density at radius 3 is 2.48 bits per heavy atom. The van der Waals surface area contributed by atoms with Crippen LogP contribution >= 0.6 is 23.1 Å². The summed E-state index contributed by atoms with van der Waals surface area (Å²) in [6.45, 7) is 9.86. The summed E-state index contributed by atoms with van der Waals surface area (Å²) in [6, 6.07) is 14.1. The number of thiazole rings is 1. The monoisotopic (exact) mass is 427 g/mol. The maximum atomic E-state index is 13.6. The zero-order valence-corrected chi connectivity index (χ0v) is 19.3. The molecule has 0 aliphatic heterocycles. The summed E-state index contributed by atoms with van der Waals surface area (Å²) in [5.74, 6) is 0.0270. The Kier molecular flexibility index (Phi) is 7.70. The van der Waals surface area contributed by atoms with E-state index in [1.54, 1.807) is 23.1 Å². The normalized spacial score (nSPS) is 11.3. The number of aryl methyl sites for hydroxylation is 1. The topological polar surface area (TPSA) is 36.4 Å². The minimum atomic E-state index is 0.0270. The van der Waals surface area contributed by atoms with E-state index in [1.807, 2.05) is 35.4 Å². The van der Waals surface area contributed by atoms with Crippen LogP contribution in [-0.2, 0) is 6.42 Å². The first-order valence-corrected chi connectivity index (χ1v) is 12.2. The first kappa shape index (κ1) is 21.8. The molecule has 1 amide bonds. The van der Waals surface area contributed by atoms with Crippen LogP contribution in [0.3, 0.4) is 0 Å². The molecule has 0 aliphatic rings. The second kappa shape index (κ2) is 10.2. The third-order valence-electron chi connectivity index (χ3n) is 5.22. The molecule has 0 aliphatic carbocycles. The third kappa shape index (κ3) is 4.82. The van der Waals surface area contributed by atoms with Crippen LogP contribution in [0.4, 0.5) is 5.13 Å². The Morgan fingerprint density at radius 2 is 1.79 bits per heavy atom. The molecule has 0 radical (unpaired) electrons. The number of anilines is 1. The fraction of sp³-hybridized carbons (Fsp3) is 0.391. The second-order valence-corrected chi connectivity index (χ2v) is 8.66. The van der Waals surface area contributed by atoms with Gasteiger partial charge in [0.05, 0.1) is 15.8 Å². The molecule has 154 valence electrons. The van der Waals surface area contributed by atoms with Crippen LogP contribution in [0.25, 0.3) is 10.2 Å². The van der Waals surface area contributed by atoms with E-state index in [0.717, 1.165) is 51.9 Å². The number of nitrogens with zero attached hydrogens (tertiary/aromatic N) is 3. The van der Waals surface area contributed by atoms with Crippen LogP contribution in [0.15, 0.2) is 47.4 Å². The highest BCUT2D eigenvalue weighted by Crippen LogP contribution is 2.32. The zero-order valence-electron chi connectivity index (χ0n) is 17.6. The minimum Gasteiger partial charge on any atom is -0.302 e. The molecule has 0 saturated heterocycles. The van der Waals surface area contributed by atoms with Crippen molar-refractivity contribution >= 4 is 44.4 Å². The average Bonchev–Trinajstić information content (AvgIpc) is 3.20. The van der Waals surface area contributed by atoms with E-state index in [0.29, 0.717) is 6.54 Å². The molecule has 3 aromatic rings. The molecule has 1 heterocycles. The Balaban J connectivity index is 2.02. The molecule has 0 saturated carbocycles. The van der Waals surface area contributed by atoms with Gasteiger partial charge in [-0.2, -0.15) is 0 Å². The Labute approximate surface area is 181 Å². The average molecular weight is 428 g/mol. The van der Waals surface area contributed by atoms with Crippen molar-refractivity contribution in [3.8, 4) is 0 Å². The molecular weight excluding hydrogens is 398 g/mol. The van der Waals surface area contributed by atoms with Crippen LogP contribution in [0.2, 0.25) is 0 Å². The van der Waals surface area contributed by atoms with Crippen LogP contribution in [-0.4, -0.2) is 48.2 Å². The first-order valence-electron chi connectivity index (χ1n) is 10.2. The summed E-state index contributed by atoms with van der Waals surface area (Å²) < 4.78 is 1.14. The number of carbonyl (C=O) groups is 1. The molecule has 0 atom stereocenters. The van der Waals surface area contributed by atoms with E-state index in [-0.39, 0.29) is 5.91 Å². The van der Waals surface area contributed by atoms with Crippen molar-refractivity contribution < 1.29 is 4.79 Å². The smallest absolute Gasteiger partial charge is 0.261 e. The van der Waals surface area contributed by atoms with Crippen molar-refractivity contribution in [1.29, 1.82) is 0 Å². The van der Waals surface area contributed by atoms with Gasteiger partial charge in [0.2, 0.25) is 0 Å². The summed E-state index contributed by atoms with van der Waals surface area (Å²) in [6.07, 6.45) is 2.95. The maximum absolute atomic E-state index is 13.6. The highest BCUT2D eigenvalue weighted by Gasteiger charge is 2.24. The van der Waals surface area contributed by atoms with E-state index in [4.69, 9.17) is 4.98 Å². The molecule has 4 nitrogen and oxygen atoms in total. The van der Waals surface area contributed by atoms with Crippen molar-refractivity contribution in [1.82, 2.24) is 9.88 Å². The number of amides is 1. The standard InChI is InChI=1S/C23H29N3OS2/c1-5-17-11-10-14-20-21(17)24-23(29-20)26(16-15-25(6-2)7-3)22(27)18-12-8-9-13-19(18)28-4/h8-14H,5-7,15-16H2,1-4H3. The first-order chi connectivity index (χ1) is 14.1. The number of benzene rings is 2. The van der Waals surface area contributed by atoms with Gasteiger partial charge in [-0.3, -0.25) is 9.69 Å².